The van der Waals surface area contributed by atoms with Crippen molar-refractivity contribution in [1.29, 1.82) is 0 Å². The highest BCUT2D eigenvalue weighted by Crippen LogP contribution is 2.38. The number of aryl methyl sites for hydroxylation is 1. The van der Waals surface area contributed by atoms with Crippen molar-refractivity contribution < 1.29 is 18.7 Å². The molecule has 32 heavy (non-hydrogen) atoms. The predicted molar refractivity (Wildman–Crippen MR) is 119 cm³/mol. The molecule has 1 aliphatic heterocycles. The molecule has 2 fully saturated rings. The second-order valence-corrected chi connectivity index (χ2v) is 8.78. The number of nitrogens with zero attached hydrogens (tertiary/aromatic N) is 3. The molecule has 2 amide bonds. The van der Waals surface area contributed by atoms with Crippen molar-refractivity contribution in [2.24, 2.45) is 7.05 Å². The number of imidazole rings is 1. The van der Waals surface area contributed by atoms with Crippen LogP contribution in [0.4, 0.5) is 5.69 Å². The van der Waals surface area contributed by atoms with Crippen LogP contribution in [0.25, 0.3) is 11.0 Å². The molecule has 5 rings (SSSR count). The number of nitrogens with one attached hydrogen (secondary N) is 1. The SMILES string of the molecule is CN(Cc1ccco1)C(=O)c1cc(NC(=O)C2CCCO2)c2c(c1)nc(C1CCC1)n2C. The van der Waals surface area contributed by atoms with Crippen LogP contribution in [0.15, 0.2) is 34.9 Å². The number of aromatic nitrogens is 2. The minimum absolute atomic E-state index is 0.160. The van der Waals surface area contributed by atoms with Crippen LogP contribution in [0.2, 0.25) is 0 Å². The summed E-state index contributed by atoms with van der Waals surface area (Å²) in [4.78, 5) is 32.5. The largest absolute Gasteiger partial charge is 0.467 e. The lowest BCUT2D eigenvalue weighted by Gasteiger charge is -2.24. The van der Waals surface area contributed by atoms with Crippen LogP contribution in [0.1, 0.15) is 60.0 Å². The predicted octanol–water partition coefficient (Wildman–Crippen LogP) is 3.82. The zero-order valence-corrected chi connectivity index (χ0v) is 18.5. The van der Waals surface area contributed by atoms with E-state index in [4.69, 9.17) is 14.1 Å². The summed E-state index contributed by atoms with van der Waals surface area (Å²) >= 11 is 0. The van der Waals surface area contributed by atoms with Gasteiger partial charge in [-0.2, -0.15) is 0 Å². The van der Waals surface area contributed by atoms with E-state index in [1.165, 1.54) is 6.42 Å². The topological polar surface area (TPSA) is 89.6 Å². The van der Waals surface area contributed by atoms with Gasteiger partial charge >= 0.3 is 0 Å². The van der Waals surface area contributed by atoms with Gasteiger partial charge in [0.2, 0.25) is 0 Å². The molecule has 8 nitrogen and oxygen atoms in total. The Bertz CT molecular complexity index is 1140. The van der Waals surface area contributed by atoms with E-state index in [1.807, 2.05) is 19.2 Å². The third-order valence-electron chi connectivity index (χ3n) is 6.52. The maximum Gasteiger partial charge on any atom is 0.254 e. The lowest BCUT2D eigenvalue weighted by molar-refractivity contribution is -0.124. The Morgan fingerprint density at radius 1 is 1.25 bits per heavy atom. The van der Waals surface area contributed by atoms with Crippen molar-refractivity contribution in [3.05, 3.63) is 47.7 Å². The lowest BCUT2D eigenvalue weighted by Crippen LogP contribution is -2.28. The Labute approximate surface area is 186 Å². The highest BCUT2D eigenvalue weighted by molar-refractivity contribution is 6.06. The molecule has 1 aromatic carbocycles. The Hall–Kier alpha value is -3.13. The molecule has 1 saturated carbocycles. The second kappa shape index (κ2) is 8.43. The van der Waals surface area contributed by atoms with Crippen LogP contribution in [0.5, 0.6) is 0 Å². The molecule has 3 aromatic rings. The van der Waals surface area contributed by atoms with Gasteiger partial charge < -0.3 is 23.9 Å². The number of anilines is 1. The van der Waals surface area contributed by atoms with E-state index in [2.05, 4.69) is 9.88 Å². The quantitative estimate of drug-likeness (QED) is 0.634. The molecule has 2 aromatic heterocycles. The number of carbonyl (C=O) groups is 2. The van der Waals surface area contributed by atoms with Gasteiger partial charge in [0.15, 0.2) is 0 Å². The molecular formula is C24H28N4O4. The summed E-state index contributed by atoms with van der Waals surface area (Å²) in [5.41, 5.74) is 2.63. The molecule has 3 heterocycles. The molecule has 1 aliphatic carbocycles. The van der Waals surface area contributed by atoms with Crippen molar-refractivity contribution in [3.63, 3.8) is 0 Å². The summed E-state index contributed by atoms with van der Waals surface area (Å²) in [6.45, 7) is 0.957. The standard InChI is InChI=1S/C24H28N4O4/c1-27(14-17-8-4-10-31-17)24(30)16-12-18-21(28(2)22(25-18)15-6-3-7-15)19(13-16)26-23(29)20-9-5-11-32-20/h4,8,10,12-13,15,20H,3,5-7,9,11,14H2,1-2H3,(H,26,29). The van der Waals surface area contributed by atoms with Gasteiger partial charge in [0.05, 0.1) is 29.5 Å². The van der Waals surface area contributed by atoms with E-state index < -0.39 is 6.10 Å². The number of furan rings is 1. The summed E-state index contributed by atoms with van der Waals surface area (Å²) in [6, 6.07) is 7.21. The number of carbonyl (C=O) groups excluding carboxylic acids is 2. The number of benzene rings is 1. The molecule has 1 N–H and O–H groups in total. The van der Waals surface area contributed by atoms with Crippen LogP contribution in [-0.2, 0) is 23.1 Å². The summed E-state index contributed by atoms with van der Waals surface area (Å²) in [5, 5.41) is 3.02. The number of hydrogen-bond donors (Lipinski definition) is 1. The third-order valence-corrected chi connectivity index (χ3v) is 6.52. The van der Waals surface area contributed by atoms with E-state index in [1.54, 1.807) is 30.3 Å². The van der Waals surface area contributed by atoms with E-state index in [-0.39, 0.29) is 11.8 Å². The Morgan fingerprint density at radius 3 is 2.75 bits per heavy atom. The Balaban J connectivity index is 1.51. The fourth-order valence-corrected chi connectivity index (χ4v) is 4.55. The smallest absolute Gasteiger partial charge is 0.254 e. The van der Waals surface area contributed by atoms with Gasteiger partial charge in [0, 0.05) is 32.2 Å². The van der Waals surface area contributed by atoms with Gasteiger partial charge in [0.1, 0.15) is 17.7 Å². The molecule has 0 radical (unpaired) electrons. The first-order chi connectivity index (χ1) is 15.5. The summed E-state index contributed by atoms with van der Waals surface area (Å²) in [6.07, 6.45) is 6.16. The van der Waals surface area contributed by atoms with Crippen LogP contribution in [-0.4, -0.2) is 46.0 Å². The van der Waals surface area contributed by atoms with Gasteiger partial charge in [-0.3, -0.25) is 9.59 Å². The van der Waals surface area contributed by atoms with Crippen molar-refractivity contribution in [1.82, 2.24) is 14.5 Å². The maximum atomic E-state index is 13.2. The Morgan fingerprint density at radius 2 is 2.09 bits per heavy atom. The van der Waals surface area contributed by atoms with Crippen molar-refractivity contribution >= 4 is 28.5 Å². The minimum atomic E-state index is -0.453. The molecule has 168 valence electrons. The van der Waals surface area contributed by atoms with Gasteiger partial charge in [0.25, 0.3) is 11.8 Å². The van der Waals surface area contributed by atoms with Crippen LogP contribution < -0.4 is 5.32 Å². The first-order valence-corrected chi connectivity index (χ1v) is 11.2. The van der Waals surface area contributed by atoms with Crippen molar-refractivity contribution in [2.45, 2.75) is 50.7 Å². The minimum Gasteiger partial charge on any atom is -0.467 e. The average molecular weight is 437 g/mol. The second-order valence-electron chi connectivity index (χ2n) is 8.78. The van der Waals surface area contributed by atoms with Gasteiger partial charge in [-0.25, -0.2) is 4.98 Å². The number of ether oxygens (including phenoxy) is 1. The van der Waals surface area contributed by atoms with E-state index in [0.717, 1.165) is 30.6 Å². The number of fused-ring (bicyclic) bond motifs is 1. The number of hydrogen-bond acceptors (Lipinski definition) is 5. The van der Waals surface area contributed by atoms with Crippen molar-refractivity contribution in [2.75, 3.05) is 19.0 Å². The van der Waals surface area contributed by atoms with Crippen LogP contribution >= 0.6 is 0 Å². The average Bonchev–Trinajstić information content (AvgIpc) is 3.49. The molecule has 0 spiro atoms. The molecule has 1 saturated heterocycles. The highest BCUT2D eigenvalue weighted by atomic mass is 16.5. The fraction of sp³-hybridized carbons (Fsp3) is 0.458. The van der Waals surface area contributed by atoms with E-state index in [9.17, 15) is 9.59 Å². The number of rotatable bonds is 6. The molecule has 1 atom stereocenters. The summed E-state index contributed by atoms with van der Waals surface area (Å²) < 4.78 is 13.0. The van der Waals surface area contributed by atoms with Gasteiger partial charge in [-0.05, 0) is 49.9 Å². The van der Waals surface area contributed by atoms with E-state index >= 15 is 0 Å². The highest BCUT2D eigenvalue weighted by Gasteiger charge is 2.29. The molecule has 2 aliphatic rings. The monoisotopic (exact) mass is 436 g/mol. The molecule has 0 bridgehead atoms. The zero-order chi connectivity index (χ0) is 22.2. The third kappa shape index (κ3) is 3.79. The number of amides is 2. The summed E-state index contributed by atoms with van der Waals surface area (Å²) in [7, 11) is 3.72. The van der Waals surface area contributed by atoms with E-state index in [0.29, 0.717) is 48.0 Å². The normalized spacial score (nSPS) is 18.6. The Kier molecular flexibility index (Phi) is 5.46. The maximum absolute atomic E-state index is 13.2. The fourth-order valence-electron chi connectivity index (χ4n) is 4.55. The van der Waals surface area contributed by atoms with Gasteiger partial charge in [-0.1, -0.05) is 6.42 Å². The summed E-state index contributed by atoms with van der Waals surface area (Å²) in [5.74, 6) is 1.80. The van der Waals surface area contributed by atoms with Crippen molar-refractivity contribution in [3.8, 4) is 0 Å². The zero-order valence-electron chi connectivity index (χ0n) is 18.5. The molecule has 8 heteroatoms. The first kappa shape index (κ1) is 20.8. The first-order valence-electron chi connectivity index (χ1n) is 11.2. The van der Waals surface area contributed by atoms with Crippen LogP contribution in [0.3, 0.4) is 0 Å². The molecule has 1 unspecified atom stereocenters. The van der Waals surface area contributed by atoms with Crippen LogP contribution in [0, 0.1) is 0 Å². The lowest BCUT2D eigenvalue weighted by atomic mass is 9.85. The molecular weight excluding hydrogens is 408 g/mol. The van der Waals surface area contributed by atoms with Gasteiger partial charge in [-0.15, -0.1) is 0 Å².